The first kappa shape index (κ1) is 21.5. The van der Waals surface area contributed by atoms with Crippen LogP contribution < -0.4 is 5.32 Å². The van der Waals surface area contributed by atoms with Crippen molar-refractivity contribution < 1.29 is 23.5 Å². The number of nitrogens with one attached hydrogen (secondary N) is 1. The molecule has 2 aromatic heterocycles. The molecule has 0 aliphatic carbocycles. The SMILES string of the molecule is CCn1nc(CC(C)COC(=O)c2coc(C)n2)c2c1C(=O)NCC1(CCOCC1)C2. The first-order chi connectivity index (χ1) is 14.9. The minimum absolute atomic E-state index is 0.00995. The molecule has 31 heavy (non-hydrogen) atoms. The fourth-order valence-corrected chi connectivity index (χ4v) is 4.47. The number of hydrogen-bond donors (Lipinski definition) is 1. The summed E-state index contributed by atoms with van der Waals surface area (Å²) in [5.74, 6) is -0.0899. The second-order valence-electron chi connectivity index (χ2n) is 8.72. The largest absolute Gasteiger partial charge is 0.461 e. The quantitative estimate of drug-likeness (QED) is 0.701. The van der Waals surface area contributed by atoms with Gasteiger partial charge in [-0.05, 0) is 43.9 Å². The van der Waals surface area contributed by atoms with E-state index in [2.05, 4.69) is 10.3 Å². The number of carbonyl (C=O) groups is 2. The molecule has 1 fully saturated rings. The number of nitrogens with zero attached hydrogens (tertiary/aromatic N) is 3. The molecule has 2 aliphatic heterocycles. The van der Waals surface area contributed by atoms with Crippen molar-refractivity contribution >= 4 is 11.9 Å². The van der Waals surface area contributed by atoms with Crippen LogP contribution in [-0.4, -0.2) is 53.0 Å². The lowest BCUT2D eigenvalue weighted by Crippen LogP contribution is -2.40. The summed E-state index contributed by atoms with van der Waals surface area (Å²) in [5.41, 5.74) is 2.80. The van der Waals surface area contributed by atoms with E-state index >= 15 is 0 Å². The van der Waals surface area contributed by atoms with Crippen LogP contribution in [-0.2, 0) is 28.9 Å². The second kappa shape index (κ2) is 8.82. The average Bonchev–Trinajstić information content (AvgIpc) is 3.31. The van der Waals surface area contributed by atoms with E-state index in [-0.39, 0.29) is 29.5 Å². The molecule has 1 amide bonds. The number of amides is 1. The zero-order valence-corrected chi connectivity index (χ0v) is 18.4. The molecule has 9 heteroatoms. The van der Waals surface area contributed by atoms with Gasteiger partial charge in [-0.2, -0.15) is 5.10 Å². The van der Waals surface area contributed by atoms with E-state index in [0.29, 0.717) is 31.1 Å². The van der Waals surface area contributed by atoms with Crippen molar-refractivity contribution in [2.24, 2.45) is 11.3 Å². The second-order valence-corrected chi connectivity index (χ2v) is 8.72. The summed E-state index contributed by atoms with van der Waals surface area (Å²) in [6, 6.07) is 0. The van der Waals surface area contributed by atoms with Gasteiger partial charge in [-0.1, -0.05) is 6.92 Å². The summed E-state index contributed by atoms with van der Waals surface area (Å²) >= 11 is 0. The minimum atomic E-state index is -0.498. The maximum Gasteiger partial charge on any atom is 0.360 e. The third-order valence-corrected chi connectivity index (χ3v) is 6.25. The molecule has 4 heterocycles. The van der Waals surface area contributed by atoms with Crippen LogP contribution in [0.3, 0.4) is 0 Å². The molecular formula is C22H30N4O5. The number of fused-ring (bicyclic) bond motifs is 1. The van der Waals surface area contributed by atoms with Crippen LogP contribution in [0.5, 0.6) is 0 Å². The smallest absolute Gasteiger partial charge is 0.360 e. The Bertz CT molecular complexity index is 957. The number of aromatic nitrogens is 3. The molecule has 0 saturated carbocycles. The summed E-state index contributed by atoms with van der Waals surface area (Å²) < 4.78 is 17.9. The van der Waals surface area contributed by atoms with Crippen LogP contribution in [0.25, 0.3) is 0 Å². The fourth-order valence-electron chi connectivity index (χ4n) is 4.47. The average molecular weight is 431 g/mol. The monoisotopic (exact) mass is 430 g/mol. The van der Waals surface area contributed by atoms with Gasteiger partial charge >= 0.3 is 5.97 Å². The summed E-state index contributed by atoms with van der Waals surface area (Å²) in [6.07, 6.45) is 4.59. The molecule has 9 nitrogen and oxygen atoms in total. The van der Waals surface area contributed by atoms with Crippen molar-refractivity contribution in [2.75, 3.05) is 26.4 Å². The highest BCUT2D eigenvalue weighted by molar-refractivity contribution is 5.94. The van der Waals surface area contributed by atoms with Gasteiger partial charge in [-0.15, -0.1) is 0 Å². The summed E-state index contributed by atoms with van der Waals surface area (Å²) in [4.78, 5) is 29.1. The zero-order valence-electron chi connectivity index (χ0n) is 18.4. The highest BCUT2D eigenvalue weighted by Gasteiger charge is 2.39. The lowest BCUT2D eigenvalue weighted by molar-refractivity contribution is 0.0160. The summed E-state index contributed by atoms with van der Waals surface area (Å²) in [7, 11) is 0. The van der Waals surface area contributed by atoms with E-state index in [1.807, 2.05) is 13.8 Å². The molecule has 0 aromatic carbocycles. The topological polar surface area (TPSA) is 108 Å². The third kappa shape index (κ3) is 4.51. The van der Waals surface area contributed by atoms with Crippen molar-refractivity contribution in [2.45, 2.75) is 53.0 Å². The Labute approximate surface area is 181 Å². The Morgan fingerprint density at radius 3 is 2.84 bits per heavy atom. The van der Waals surface area contributed by atoms with Crippen molar-refractivity contribution in [1.82, 2.24) is 20.1 Å². The van der Waals surface area contributed by atoms with Gasteiger partial charge in [0.05, 0.1) is 12.3 Å². The first-order valence-corrected chi connectivity index (χ1v) is 10.9. The maximum atomic E-state index is 12.9. The predicted octanol–water partition coefficient (Wildman–Crippen LogP) is 2.32. The molecule has 0 radical (unpaired) electrons. The van der Waals surface area contributed by atoms with Crippen LogP contribution in [0, 0.1) is 18.3 Å². The molecule has 1 saturated heterocycles. The predicted molar refractivity (Wildman–Crippen MR) is 111 cm³/mol. The highest BCUT2D eigenvalue weighted by Crippen LogP contribution is 2.38. The Balaban J connectivity index is 1.50. The van der Waals surface area contributed by atoms with E-state index in [0.717, 1.165) is 43.7 Å². The zero-order chi connectivity index (χ0) is 22.0. The summed E-state index contributed by atoms with van der Waals surface area (Å²) in [6.45, 7) is 8.65. The molecule has 1 spiro atoms. The highest BCUT2D eigenvalue weighted by atomic mass is 16.5. The molecule has 2 aromatic rings. The van der Waals surface area contributed by atoms with E-state index in [9.17, 15) is 9.59 Å². The van der Waals surface area contributed by atoms with Gasteiger partial charge in [0, 0.05) is 38.8 Å². The lowest BCUT2D eigenvalue weighted by Gasteiger charge is -2.36. The standard InChI is InChI=1S/C22H30N4O5/c1-4-26-19-16(10-22(13-23-20(19)27)5-7-29-8-6-22)17(25-26)9-14(2)11-31-21(28)18-12-30-15(3)24-18/h12,14H,4-11,13H2,1-3H3,(H,23,27). The van der Waals surface area contributed by atoms with Gasteiger partial charge in [0.25, 0.3) is 5.91 Å². The first-order valence-electron chi connectivity index (χ1n) is 10.9. The molecule has 1 atom stereocenters. The molecule has 168 valence electrons. The number of esters is 1. The van der Waals surface area contributed by atoms with Gasteiger partial charge < -0.3 is 19.2 Å². The summed E-state index contributed by atoms with van der Waals surface area (Å²) in [5, 5.41) is 7.89. The van der Waals surface area contributed by atoms with Crippen LogP contribution in [0.15, 0.2) is 10.7 Å². The molecule has 1 unspecified atom stereocenters. The van der Waals surface area contributed by atoms with E-state index in [1.165, 1.54) is 6.26 Å². The van der Waals surface area contributed by atoms with E-state index in [4.69, 9.17) is 19.0 Å². The van der Waals surface area contributed by atoms with Crippen molar-refractivity contribution in [3.05, 3.63) is 34.8 Å². The fraction of sp³-hybridized carbons (Fsp3) is 0.636. The van der Waals surface area contributed by atoms with Crippen molar-refractivity contribution in [3.8, 4) is 0 Å². The number of hydrogen-bond acceptors (Lipinski definition) is 7. The van der Waals surface area contributed by atoms with Crippen molar-refractivity contribution in [3.63, 3.8) is 0 Å². The number of carbonyl (C=O) groups excluding carboxylic acids is 2. The van der Waals surface area contributed by atoms with E-state index < -0.39 is 5.97 Å². The van der Waals surface area contributed by atoms with Gasteiger partial charge in [-0.3, -0.25) is 9.48 Å². The normalized spacial score (nSPS) is 18.9. The number of rotatable bonds is 6. The van der Waals surface area contributed by atoms with Crippen LogP contribution in [0.1, 0.15) is 64.8 Å². The third-order valence-electron chi connectivity index (χ3n) is 6.25. The molecule has 4 rings (SSSR count). The Hall–Kier alpha value is -2.68. The van der Waals surface area contributed by atoms with Crippen LogP contribution in [0.4, 0.5) is 0 Å². The molecule has 2 aliphatic rings. The van der Waals surface area contributed by atoms with Crippen LogP contribution >= 0.6 is 0 Å². The van der Waals surface area contributed by atoms with Crippen LogP contribution in [0.2, 0.25) is 0 Å². The Kier molecular flexibility index (Phi) is 6.13. The Morgan fingerprint density at radius 2 is 2.16 bits per heavy atom. The number of oxazole rings is 1. The number of ether oxygens (including phenoxy) is 2. The van der Waals surface area contributed by atoms with Gasteiger partial charge in [0.1, 0.15) is 12.0 Å². The number of aryl methyl sites for hydroxylation is 2. The van der Waals surface area contributed by atoms with Gasteiger partial charge in [0.15, 0.2) is 11.6 Å². The molecule has 0 bridgehead atoms. The molecule has 1 N–H and O–H groups in total. The van der Waals surface area contributed by atoms with Gasteiger partial charge in [0.2, 0.25) is 0 Å². The van der Waals surface area contributed by atoms with Gasteiger partial charge in [-0.25, -0.2) is 9.78 Å². The minimum Gasteiger partial charge on any atom is -0.461 e. The van der Waals surface area contributed by atoms with E-state index in [1.54, 1.807) is 11.6 Å². The maximum absolute atomic E-state index is 12.9. The molecular weight excluding hydrogens is 400 g/mol. The lowest BCUT2D eigenvalue weighted by atomic mass is 9.75. The van der Waals surface area contributed by atoms with Crippen molar-refractivity contribution in [1.29, 1.82) is 0 Å². The Morgan fingerprint density at radius 1 is 1.39 bits per heavy atom.